The summed E-state index contributed by atoms with van der Waals surface area (Å²) in [5, 5.41) is 3.86. The van der Waals surface area contributed by atoms with Crippen LogP contribution in [0.15, 0.2) is 0 Å². The third-order valence-corrected chi connectivity index (χ3v) is 4.11. The molecule has 0 aromatic heterocycles. The lowest BCUT2D eigenvalue weighted by Crippen LogP contribution is -2.47. The fraction of sp³-hybridized carbons (Fsp3) is 1.00. The first kappa shape index (κ1) is 15.0. The molecular weight excluding hydrogens is 208 g/mol. The normalized spacial score (nSPS) is 21.0. The third-order valence-electron chi connectivity index (χ3n) is 4.11. The van der Waals surface area contributed by atoms with Crippen LogP contribution in [-0.2, 0) is 0 Å². The smallest absolute Gasteiger partial charge is 0.00941 e. The second kappa shape index (κ2) is 8.10. The monoisotopic (exact) mass is 240 g/mol. The van der Waals surface area contributed by atoms with E-state index in [1.54, 1.807) is 0 Å². The first-order valence-corrected chi connectivity index (χ1v) is 7.65. The third kappa shape index (κ3) is 5.39. The molecule has 1 atom stereocenters. The molecule has 2 heteroatoms. The molecule has 1 saturated heterocycles. The molecule has 17 heavy (non-hydrogen) atoms. The van der Waals surface area contributed by atoms with Gasteiger partial charge in [0, 0.05) is 12.1 Å². The molecule has 1 heterocycles. The van der Waals surface area contributed by atoms with Gasteiger partial charge in [0.1, 0.15) is 0 Å². The van der Waals surface area contributed by atoms with E-state index >= 15 is 0 Å². The van der Waals surface area contributed by atoms with E-state index in [1.807, 2.05) is 0 Å². The quantitative estimate of drug-likeness (QED) is 0.735. The van der Waals surface area contributed by atoms with Gasteiger partial charge in [-0.2, -0.15) is 0 Å². The highest BCUT2D eigenvalue weighted by Crippen LogP contribution is 2.14. The summed E-state index contributed by atoms with van der Waals surface area (Å²) in [4.78, 5) is 2.64. The predicted molar refractivity (Wildman–Crippen MR) is 76.4 cm³/mol. The van der Waals surface area contributed by atoms with Gasteiger partial charge < -0.3 is 10.2 Å². The molecule has 1 aliphatic rings. The average Bonchev–Trinajstić information content (AvgIpc) is 2.34. The maximum Gasteiger partial charge on any atom is 0.00941 e. The first-order chi connectivity index (χ1) is 8.17. The van der Waals surface area contributed by atoms with E-state index < -0.39 is 0 Å². The van der Waals surface area contributed by atoms with E-state index in [2.05, 4.69) is 37.9 Å². The lowest BCUT2D eigenvalue weighted by atomic mass is 9.97. The summed E-state index contributed by atoms with van der Waals surface area (Å²) in [6, 6.07) is 1.47. The number of piperidine rings is 1. The summed E-state index contributed by atoms with van der Waals surface area (Å²) in [5.41, 5.74) is 0. The van der Waals surface area contributed by atoms with Gasteiger partial charge >= 0.3 is 0 Å². The minimum absolute atomic E-state index is 0.710. The zero-order valence-electron chi connectivity index (χ0n) is 12.3. The SMILES string of the molecule is CCCCN1CCC(NC(CC)C(C)C)CC1. The predicted octanol–water partition coefficient (Wildman–Crippen LogP) is 3.28. The van der Waals surface area contributed by atoms with Gasteiger partial charge in [-0.3, -0.25) is 0 Å². The van der Waals surface area contributed by atoms with Crippen LogP contribution in [0.1, 0.15) is 59.8 Å². The number of unbranched alkanes of at least 4 members (excludes halogenated alkanes) is 1. The standard InChI is InChI=1S/C15H32N2/c1-5-7-10-17-11-8-14(9-12-17)16-15(6-2)13(3)4/h13-16H,5-12H2,1-4H3. The number of hydrogen-bond donors (Lipinski definition) is 1. The Balaban J connectivity index is 2.22. The lowest BCUT2D eigenvalue weighted by Gasteiger charge is -2.35. The minimum Gasteiger partial charge on any atom is -0.311 e. The Morgan fingerprint density at radius 3 is 2.29 bits per heavy atom. The Hall–Kier alpha value is -0.0800. The maximum atomic E-state index is 3.86. The molecule has 1 fully saturated rings. The summed E-state index contributed by atoms with van der Waals surface area (Å²) in [6.45, 7) is 13.1. The zero-order chi connectivity index (χ0) is 12.7. The van der Waals surface area contributed by atoms with E-state index in [4.69, 9.17) is 0 Å². The fourth-order valence-corrected chi connectivity index (χ4v) is 2.79. The van der Waals surface area contributed by atoms with Crippen LogP contribution in [0.25, 0.3) is 0 Å². The molecule has 1 rings (SSSR count). The molecular formula is C15H32N2. The molecule has 1 unspecified atom stereocenters. The number of likely N-dealkylation sites (tertiary alicyclic amines) is 1. The van der Waals surface area contributed by atoms with Crippen LogP contribution in [-0.4, -0.2) is 36.6 Å². The number of rotatable bonds is 7. The molecule has 0 aromatic carbocycles. The molecule has 0 amide bonds. The highest BCUT2D eigenvalue weighted by Gasteiger charge is 2.21. The van der Waals surface area contributed by atoms with Crippen LogP contribution >= 0.6 is 0 Å². The highest BCUT2D eigenvalue weighted by atomic mass is 15.1. The van der Waals surface area contributed by atoms with Gasteiger partial charge in [0.25, 0.3) is 0 Å². The number of nitrogens with one attached hydrogen (secondary N) is 1. The lowest BCUT2D eigenvalue weighted by molar-refractivity contribution is 0.181. The van der Waals surface area contributed by atoms with Crippen LogP contribution in [0.5, 0.6) is 0 Å². The second-order valence-corrected chi connectivity index (χ2v) is 5.89. The molecule has 0 saturated carbocycles. The van der Waals surface area contributed by atoms with Crippen LogP contribution < -0.4 is 5.32 Å². The second-order valence-electron chi connectivity index (χ2n) is 5.89. The molecule has 102 valence electrons. The van der Waals surface area contributed by atoms with Crippen molar-refractivity contribution in [1.82, 2.24) is 10.2 Å². The van der Waals surface area contributed by atoms with E-state index in [0.29, 0.717) is 6.04 Å². The Morgan fingerprint density at radius 2 is 1.82 bits per heavy atom. The molecule has 0 aliphatic carbocycles. The number of hydrogen-bond acceptors (Lipinski definition) is 2. The Bertz CT molecular complexity index is 183. The van der Waals surface area contributed by atoms with E-state index in [0.717, 1.165) is 12.0 Å². The van der Waals surface area contributed by atoms with Crippen molar-refractivity contribution in [3.8, 4) is 0 Å². The van der Waals surface area contributed by atoms with Gasteiger partial charge in [0.05, 0.1) is 0 Å². The van der Waals surface area contributed by atoms with Crippen molar-refractivity contribution >= 4 is 0 Å². The summed E-state index contributed by atoms with van der Waals surface area (Å²) in [7, 11) is 0. The van der Waals surface area contributed by atoms with Gasteiger partial charge in [0.15, 0.2) is 0 Å². The molecule has 1 aliphatic heterocycles. The fourth-order valence-electron chi connectivity index (χ4n) is 2.79. The van der Waals surface area contributed by atoms with Crippen LogP contribution in [0.3, 0.4) is 0 Å². The van der Waals surface area contributed by atoms with Crippen molar-refractivity contribution in [3.05, 3.63) is 0 Å². The first-order valence-electron chi connectivity index (χ1n) is 7.65. The van der Waals surface area contributed by atoms with Crippen molar-refractivity contribution in [2.45, 2.75) is 71.9 Å². The maximum absolute atomic E-state index is 3.86. The molecule has 0 radical (unpaired) electrons. The molecule has 0 aromatic rings. The van der Waals surface area contributed by atoms with Gasteiger partial charge in [-0.05, 0) is 51.2 Å². The Kier molecular flexibility index (Phi) is 7.14. The van der Waals surface area contributed by atoms with Crippen LogP contribution in [0, 0.1) is 5.92 Å². The Labute approximate surface area is 108 Å². The molecule has 0 bridgehead atoms. The topological polar surface area (TPSA) is 15.3 Å². The van der Waals surface area contributed by atoms with Crippen molar-refractivity contribution in [3.63, 3.8) is 0 Å². The van der Waals surface area contributed by atoms with Gasteiger partial charge in [-0.25, -0.2) is 0 Å². The highest BCUT2D eigenvalue weighted by molar-refractivity contribution is 4.81. The van der Waals surface area contributed by atoms with Crippen LogP contribution in [0.4, 0.5) is 0 Å². The number of nitrogens with zero attached hydrogens (tertiary/aromatic N) is 1. The summed E-state index contributed by atoms with van der Waals surface area (Å²) in [6.07, 6.45) is 6.62. The van der Waals surface area contributed by atoms with Crippen molar-refractivity contribution in [1.29, 1.82) is 0 Å². The average molecular weight is 240 g/mol. The van der Waals surface area contributed by atoms with Gasteiger partial charge in [-0.1, -0.05) is 34.1 Å². The van der Waals surface area contributed by atoms with Crippen molar-refractivity contribution in [2.24, 2.45) is 5.92 Å². The van der Waals surface area contributed by atoms with Gasteiger partial charge in [-0.15, -0.1) is 0 Å². The summed E-state index contributed by atoms with van der Waals surface area (Å²) >= 11 is 0. The minimum atomic E-state index is 0.710. The molecule has 1 N–H and O–H groups in total. The largest absolute Gasteiger partial charge is 0.311 e. The van der Waals surface area contributed by atoms with Gasteiger partial charge in [0.2, 0.25) is 0 Å². The van der Waals surface area contributed by atoms with Crippen molar-refractivity contribution in [2.75, 3.05) is 19.6 Å². The van der Waals surface area contributed by atoms with E-state index in [-0.39, 0.29) is 0 Å². The molecule has 0 spiro atoms. The molecule has 2 nitrogen and oxygen atoms in total. The summed E-state index contributed by atoms with van der Waals surface area (Å²) < 4.78 is 0. The van der Waals surface area contributed by atoms with Crippen molar-refractivity contribution < 1.29 is 0 Å². The Morgan fingerprint density at radius 1 is 1.18 bits per heavy atom. The van der Waals surface area contributed by atoms with E-state index in [9.17, 15) is 0 Å². The van der Waals surface area contributed by atoms with E-state index in [1.165, 1.54) is 51.7 Å². The van der Waals surface area contributed by atoms with Crippen LogP contribution in [0.2, 0.25) is 0 Å². The summed E-state index contributed by atoms with van der Waals surface area (Å²) in [5.74, 6) is 0.762. The zero-order valence-corrected chi connectivity index (χ0v) is 12.3.